The van der Waals surface area contributed by atoms with Crippen LogP contribution in [-0.4, -0.2) is 24.6 Å². The van der Waals surface area contributed by atoms with Gasteiger partial charge in [-0.3, -0.25) is 9.78 Å². The molecule has 0 atom stereocenters. The van der Waals surface area contributed by atoms with Gasteiger partial charge in [0.15, 0.2) is 0 Å². The molecule has 4 nitrogen and oxygen atoms in total. The van der Waals surface area contributed by atoms with Crippen molar-refractivity contribution in [3.8, 4) is 0 Å². The van der Waals surface area contributed by atoms with Crippen molar-refractivity contribution in [3.63, 3.8) is 0 Å². The number of rotatable bonds is 5. The Balaban J connectivity index is 2.48. The highest BCUT2D eigenvalue weighted by atomic mass is 16.5. The Hall–Kier alpha value is -1.42. The van der Waals surface area contributed by atoms with Crippen LogP contribution in [0.3, 0.4) is 0 Å². The quantitative estimate of drug-likeness (QED) is 0.790. The van der Waals surface area contributed by atoms with Crippen LogP contribution in [0.2, 0.25) is 0 Å². The summed E-state index contributed by atoms with van der Waals surface area (Å²) in [6.45, 7) is 6.96. The highest BCUT2D eigenvalue weighted by molar-refractivity contribution is 5.76. The second-order valence-electron chi connectivity index (χ2n) is 4.75. The summed E-state index contributed by atoms with van der Waals surface area (Å²) >= 11 is 0. The number of nitrogens with zero attached hydrogens (tertiary/aromatic N) is 1. The number of hydrogen-bond acceptors (Lipinski definition) is 4. The van der Waals surface area contributed by atoms with E-state index in [4.69, 9.17) is 4.74 Å². The maximum absolute atomic E-state index is 11.5. The normalized spacial score (nSPS) is 11.3. The fourth-order valence-corrected chi connectivity index (χ4v) is 1.55. The van der Waals surface area contributed by atoms with Gasteiger partial charge in [0.1, 0.15) is 0 Å². The van der Waals surface area contributed by atoms with Gasteiger partial charge in [-0.1, -0.05) is 6.07 Å². The van der Waals surface area contributed by atoms with Crippen LogP contribution in [0.5, 0.6) is 0 Å². The molecule has 0 saturated heterocycles. The lowest BCUT2D eigenvalue weighted by atomic mass is 9.94. The Bertz CT molecular complexity index is 389. The third-order valence-corrected chi connectivity index (χ3v) is 2.72. The molecule has 0 aromatic carbocycles. The fourth-order valence-electron chi connectivity index (χ4n) is 1.55. The third kappa shape index (κ3) is 3.82. The first-order valence-electron chi connectivity index (χ1n) is 5.67. The summed E-state index contributed by atoms with van der Waals surface area (Å²) in [6.07, 6.45) is 1.77. The van der Waals surface area contributed by atoms with Gasteiger partial charge in [-0.2, -0.15) is 0 Å². The molecule has 1 rings (SSSR count). The molecule has 1 N–H and O–H groups in total. The van der Waals surface area contributed by atoms with Gasteiger partial charge in [0.05, 0.1) is 18.2 Å². The number of ether oxygens (including phenoxy) is 1. The molecule has 0 radical (unpaired) electrons. The Kier molecular flexibility index (Phi) is 4.63. The zero-order valence-electron chi connectivity index (χ0n) is 10.9. The van der Waals surface area contributed by atoms with E-state index in [1.165, 1.54) is 7.11 Å². The van der Waals surface area contributed by atoms with E-state index in [0.29, 0.717) is 13.1 Å². The zero-order chi connectivity index (χ0) is 12.9. The first-order chi connectivity index (χ1) is 7.97. The van der Waals surface area contributed by atoms with Crippen molar-refractivity contribution >= 4 is 5.97 Å². The molecule has 0 bridgehead atoms. The van der Waals surface area contributed by atoms with Gasteiger partial charge >= 0.3 is 5.97 Å². The molecule has 1 heterocycles. The maximum atomic E-state index is 11.5. The largest absolute Gasteiger partial charge is 0.469 e. The molecule has 0 aliphatic rings. The minimum atomic E-state index is -0.516. The van der Waals surface area contributed by atoms with Crippen LogP contribution < -0.4 is 5.32 Å². The lowest BCUT2D eigenvalue weighted by Gasteiger charge is -2.21. The molecule has 17 heavy (non-hydrogen) atoms. The number of pyridine rings is 1. The number of carbonyl (C=O) groups is 1. The number of esters is 1. The Labute approximate surface area is 102 Å². The summed E-state index contributed by atoms with van der Waals surface area (Å²) in [5, 5.41) is 3.23. The topological polar surface area (TPSA) is 51.2 Å². The van der Waals surface area contributed by atoms with Crippen LogP contribution in [0, 0.1) is 12.3 Å². The summed E-state index contributed by atoms with van der Waals surface area (Å²) < 4.78 is 4.75. The van der Waals surface area contributed by atoms with Crippen molar-refractivity contribution in [2.45, 2.75) is 27.3 Å². The highest BCUT2D eigenvalue weighted by Gasteiger charge is 2.28. The van der Waals surface area contributed by atoms with Gasteiger partial charge in [-0.05, 0) is 32.4 Å². The lowest BCUT2D eigenvalue weighted by molar-refractivity contribution is -0.150. The van der Waals surface area contributed by atoms with Crippen LogP contribution in [0.4, 0.5) is 0 Å². The minimum Gasteiger partial charge on any atom is -0.469 e. The average Bonchev–Trinajstić information content (AvgIpc) is 2.30. The Morgan fingerprint density at radius 2 is 2.24 bits per heavy atom. The van der Waals surface area contributed by atoms with E-state index in [-0.39, 0.29) is 5.97 Å². The monoisotopic (exact) mass is 236 g/mol. The smallest absolute Gasteiger partial charge is 0.312 e. The molecule has 4 heteroatoms. The minimum absolute atomic E-state index is 0.206. The van der Waals surface area contributed by atoms with Gasteiger partial charge in [-0.15, -0.1) is 0 Å². The van der Waals surface area contributed by atoms with Gasteiger partial charge in [-0.25, -0.2) is 0 Å². The van der Waals surface area contributed by atoms with E-state index in [0.717, 1.165) is 11.3 Å². The number of carbonyl (C=O) groups excluding carboxylic acids is 1. The van der Waals surface area contributed by atoms with Crippen molar-refractivity contribution in [1.29, 1.82) is 0 Å². The van der Waals surface area contributed by atoms with Crippen molar-refractivity contribution in [2.75, 3.05) is 13.7 Å². The van der Waals surface area contributed by atoms with Gasteiger partial charge in [0, 0.05) is 19.3 Å². The number of nitrogens with one attached hydrogen (secondary N) is 1. The number of aromatic nitrogens is 1. The van der Waals surface area contributed by atoms with E-state index in [2.05, 4.69) is 10.3 Å². The standard InChI is InChI=1S/C13H20N2O2/c1-10-6-5-7-15-11(10)8-14-9-13(2,3)12(16)17-4/h5-7,14H,8-9H2,1-4H3. The molecule has 0 aliphatic carbocycles. The van der Waals surface area contributed by atoms with Crippen LogP contribution in [0.15, 0.2) is 18.3 Å². The Morgan fingerprint density at radius 1 is 1.53 bits per heavy atom. The van der Waals surface area contributed by atoms with Crippen molar-refractivity contribution in [3.05, 3.63) is 29.6 Å². The number of methoxy groups -OCH3 is 1. The zero-order valence-corrected chi connectivity index (χ0v) is 10.9. The average molecular weight is 236 g/mol. The maximum Gasteiger partial charge on any atom is 0.312 e. The van der Waals surface area contributed by atoms with Gasteiger partial charge < -0.3 is 10.1 Å². The molecule has 0 aliphatic heterocycles. The SMILES string of the molecule is COC(=O)C(C)(C)CNCc1ncccc1C. The molecule has 0 unspecified atom stereocenters. The summed E-state index contributed by atoms with van der Waals surface area (Å²) in [7, 11) is 1.41. The number of hydrogen-bond donors (Lipinski definition) is 1. The Morgan fingerprint density at radius 3 is 2.82 bits per heavy atom. The summed E-state index contributed by atoms with van der Waals surface area (Å²) in [5.74, 6) is -0.206. The molecule has 1 aromatic heterocycles. The fraction of sp³-hybridized carbons (Fsp3) is 0.538. The molecular weight excluding hydrogens is 216 g/mol. The van der Waals surface area contributed by atoms with Crippen molar-refractivity contribution in [1.82, 2.24) is 10.3 Å². The van der Waals surface area contributed by atoms with Gasteiger partial charge in [0.25, 0.3) is 0 Å². The molecular formula is C13H20N2O2. The summed E-state index contributed by atoms with van der Waals surface area (Å²) in [6, 6.07) is 3.94. The second-order valence-corrected chi connectivity index (χ2v) is 4.75. The highest BCUT2D eigenvalue weighted by Crippen LogP contribution is 2.15. The third-order valence-electron chi connectivity index (χ3n) is 2.72. The van der Waals surface area contributed by atoms with Crippen LogP contribution in [-0.2, 0) is 16.1 Å². The molecule has 1 aromatic rings. The molecule has 0 amide bonds. The molecule has 0 spiro atoms. The lowest BCUT2D eigenvalue weighted by Crippen LogP contribution is -2.36. The predicted molar refractivity (Wildman–Crippen MR) is 66.5 cm³/mol. The first kappa shape index (κ1) is 13.6. The second kappa shape index (κ2) is 5.77. The predicted octanol–water partition coefficient (Wildman–Crippen LogP) is 1.68. The van der Waals surface area contributed by atoms with Crippen LogP contribution >= 0.6 is 0 Å². The van der Waals surface area contributed by atoms with Crippen molar-refractivity contribution in [2.24, 2.45) is 5.41 Å². The van der Waals surface area contributed by atoms with E-state index in [1.807, 2.05) is 32.9 Å². The van der Waals surface area contributed by atoms with E-state index < -0.39 is 5.41 Å². The van der Waals surface area contributed by atoms with E-state index in [9.17, 15) is 4.79 Å². The summed E-state index contributed by atoms with van der Waals surface area (Å²) in [5.41, 5.74) is 1.64. The van der Waals surface area contributed by atoms with Crippen LogP contribution in [0.1, 0.15) is 25.1 Å². The van der Waals surface area contributed by atoms with E-state index in [1.54, 1.807) is 6.20 Å². The molecule has 0 fully saturated rings. The van der Waals surface area contributed by atoms with E-state index >= 15 is 0 Å². The van der Waals surface area contributed by atoms with Crippen molar-refractivity contribution < 1.29 is 9.53 Å². The molecule has 94 valence electrons. The first-order valence-corrected chi connectivity index (χ1v) is 5.67. The molecule has 0 saturated carbocycles. The van der Waals surface area contributed by atoms with Crippen LogP contribution in [0.25, 0.3) is 0 Å². The van der Waals surface area contributed by atoms with Gasteiger partial charge in [0.2, 0.25) is 0 Å². The number of aryl methyl sites for hydroxylation is 1. The summed E-state index contributed by atoms with van der Waals surface area (Å²) in [4.78, 5) is 15.7.